The molecule has 1 atom stereocenters. The highest BCUT2D eigenvalue weighted by Crippen LogP contribution is 2.24. The van der Waals surface area contributed by atoms with Crippen LogP contribution in [-0.2, 0) is 0 Å². The predicted molar refractivity (Wildman–Crippen MR) is 109 cm³/mol. The van der Waals surface area contributed by atoms with Crippen molar-refractivity contribution in [3.05, 3.63) is 101 Å². The molecule has 0 aliphatic heterocycles. The summed E-state index contributed by atoms with van der Waals surface area (Å²) in [5.74, 6) is -0.214. The molecule has 3 heterocycles. The Kier molecular flexibility index (Phi) is 4.65. The first-order valence-corrected chi connectivity index (χ1v) is 9.24. The summed E-state index contributed by atoms with van der Waals surface area (Å²) in [5, 5.41) is 3.13. The quantitative estimate of drug-likeness (QED) is 0.586. The lowest BCUT2D eigenvalue weighted by Crippen LogP contribution is -2.29. The fraction of sp³-hybridized carbons (Fsp3) is 0.174. The molecular weight excluding hydrogens is 348 g/mol. The van der Waals surface area contributed by atoms with E-state index in [9.17, 15) is 4.79 Å². The molecule has 0 fully saturated rings. The molecule has 0 saturated heterocycles. The number of fused-ring (bicyclic) bond motifs is 1. The van der Waals surface area contributed by atoms with Gasteiger partial charge in [0.2, 0.25) is 0 Å². The van der Waals surface area contributed by atoms with Gasteiger partial charge in [-0.25, -0.2) is 4.98 Å². The summed E-state index contributed by atoms with van der Waals surface area (Å²) >= 11 is 0. The summed E-state index contributed by atoms with van der Waals surface area (Å²) in [7, 11) is 0. The Morgan fingerprint density at radius 3 is 2.61 bits per heavy atom. The first kappa shape index (κ1) is 17.9. The molecule has 0 aliphatic carbocycles. The average Bonchev–Trinajstić information content (AvgIpc) is 3.12. The molecule has 28 heavy (non-hydrogen) atoms. The second-order valence-corrected chi connectivity index (χ2v) is 7.13. The monoisotopic (exact) mass is 370 g/mol. The highest BCUT2D eigenvalue weighted by molar-refractivity contribution is 5.93. The maximum atomic E-state index is 13.0. The van der Waals surface area contributed by atoms with Crippen LogP contribution in [0.2, 0.25) is 0 Å². The number of nitrogens with one attached hydrogen (secondary N) is 1. The minimum absolute atomic E-state index is 0.214. The number of amides is 1. The van der Waals surface area contributed by atoms with Gasteiger partial charge >= 0.3 is 0 Å². The van der Waals surface area contributed by atoms with Crippen molar-refractivity contribution >= 4 is 11.6 Å². The molecule has 1 aromatic carbocycles. The van der Waals surface area contributed by atoms with E-state index in [0.29, 0.717) is 5.69 Å². The lowest BCUT2D eigenvalue weighted by Gasteiger charge is -2.20. The highest BCUT2D eigenvalue weighted by atomic mass is 16.2. The molecule has 0 spiro atoms. The molecule has 1 N–H and O–H groups in total. The molecule has 4 aromatic rings. The fourth-order valence-electron chi connectivity index (χ4n) is 3.27. The second kappa shape index (κ2) is 7.27. The Morgan fingerprint density at radius 1 is 1.00 bits per heavy atom. The predicted octanol–water partition coefficient (Wildman–Crippen LogP) is 4.17. The van der Waals surface area contributed by atoms with Gasteiger partial charge in [0.15, 0.2) is 0 Å². The zero-order valence-electron chi connectivity index (χ0n) is 16.2. The van der Waals surface area contributed by atoms with Crippen LogP contribution in [-0.4, -0.2) is 20.3 Å². The first-order chi connectivity index (χ1) is 13.5. The summed E-state index contributed by atoms with van der Waals surface area (Å²) in [4.78, 5) is 21.7. The van der Waals surface area contributed by atoms with Crippen molar-refractivity contribution in [3.63, 3.8) is 0 Å². The number of pyridine rings is 2. The zero-order chi connectivity index (χ0) is 19.7. The van der Waals surface area contributed by atoms with Crippen LogP contribution in [0, 0.1) is 20.8 Å². The van der Waals surface area contributed by atoms with E-state index in [2.05, 4.69) is 41.3 Å². The number of hydrogen-bond donors (Lipinski definition) is 1. The first-order valence-electron chi connectivity index (χ1n) is 9.24. The van der Waals surface area contributed by atoms with Crippen molar-refractivity contribution in [2.24, 2.45) is 0 Å². The topological polar surface area (TPSA) is 59.3 Å². The summed E-state index contributed by atoms with van der Waals surface area (Å²) in [6.07, 6.45) is 7.24. The third-order valence-electron chi connectivity index (χ3n) is 4.99. The van der Waals surface area contributed by atoms with Crippen molar-refractivity contribution in [2.75, 3.05) is 0 Å². The van der Waals surface area contributed by atoms with E-state index in [-0.39, 0.29) is 11.9 Å². The van der Waals surface area contributed by atoms with Crippen LogP contribution in [0.25, 0.3) is 5.65 Å². The van der Waals surface area contributed by atoms with Gasteiger partial charge in [-0.05, 0) is 60.7 Å². The van der Waals surface area contributed by atoms with Crippen LogP contribution < -0.4 is 5.32 Å². The lowest BCUT2D eigenvalue weighted by molar-refractivity contribution is 0.0938. The van der Waals surface area contributed by atoms with Gasteiger partial charge < -0.3 is 9.72 Å². The van der Waals surface area contributed by atoms with Gasteiger partial charge in [-0.3, -0.25) is 9.78 Å². The second-order valence-electron chi connectivity index (χ2n) is 7.13. The van der Waals surface area contributed by atoms with Crippen LogP contribution in [0.15, 0.2) is 67.3 Å². The fourth-order valence-corrected chi connectivity index (χ4v) is 3.27. The molecule has 1 unspecified atom stereocenters. The van der Waals surface area contributed by atoms with E-state index in [4.69, 9.17) is 0 Å². The Labute approximate surface area is 164 Å². The van der Waals surface area contributed by atoms with E-state index in [0.717, 1.165) is 22.3 Å². The van der Waals surface area contributed by atoms with Gasteiger partial charge in [0.1, 0.15) is 11.3 Å². The Balaban J connectivity index is 1.70. The molecule has 3 aromatic heterocycles. The van der Waals surface area contributed by atoms with Crippen LogP contribution in [0.3, 0.4) is 0 Å². The molecule has 1 amide bonds. The SMILES string of the molecule is Cc1ccc2nc(C(=O)NC(c3cccnc3)c3ccc(C)c(C)c3)cn2c1. The maximum absolute atomic E-state index is 13.0. The summed E-state index contributed by atoms with van der Waals surface area (Å²) in [6.45, 7) is 6.16. The highest BCUT2D eigenvalue weighted by Gasteiger charge is 2.20. The number of nitrogens with zero attached hydrogens (tertiary/aromatic N) is 3. The molecule has 0 bridgehead atoms. The number of aromatic nitrogens is 3. The Morgan fingerprint density at radius 2 is 1.86 bits per heavy atom. The average molecular weight is 370 g/mol. The number of hydrogen-bond acceptors (Lipinski definition) is 3. The number of imidazole rings is 1. The summed E-state index contributed by atoms with van der Waals surface area (Å²) < 4.78 is 1.87. The Bertz CT molecular complexity index is 1150. The van der Waals surface area contributed by atoms with E-state index in [1.807, 2.05) is 47.9 Å². The zero-order valence-corrected chi connectivity index (χ0v) is 16.2. The van der Waals surface area contributed by atoms with Gasteiger partial charge in [0.05, 0.1) is 6.04 Å². The van der Waals surface area contributed by atoms with Crippen molar-refractivity contribution < 1.29 is 4.79 Å². The summed E-state index contributed by atoms with van der Waals surface area (Å²) in [5.41, 5.74) is 6.60. The van der Waals surface area contributed by atoms with Crippen molar-refractivity contribution in [2.45, 2.75) is 26.8 Å². The minimum Gasteiger partial charge on any atom is -0.340 e. The van der Waals surface area contributed by atoms with Crippen molar-refractivity contribution in [3.8, 4) is 0 Å². The number of carbonyl (C=O) groups is 1. The van der Waals surface area contributed by atoms with Gasteiger partial charge in [-0.1, -0.05) is 30.3 Å². The third kappa shape index (κ3) is 3.51. The van der Waals surface area contributed by atoms with Crippen LogP contribution in [0.5, 0.6) is 0 Å². The normalized spacial score (nSPS) is 12.1. The van der Waals surface area contributed by atoms with E-state index in [1.54, 1.807) is 18.6 Å². The molecule has 140 valence electrons. The largest absolute Gasteiger partial charge is 0.340 e. The minimum atomic E-state index is -0.299. The maximum Gasteiger partial charge on any atom is 0.272 e. The van der Waals surface area contributed by atoms with Gasteiger partial charge in [-0.15, -0.1) is 0 Å². The number of aryl methyl sites for hydroxylation is 3. The number of carbonyl (C=O) groups excluding carboxylic acids is 1. The van der Waals surface area contributed by atoms with Gasteiger partial charge in [-0.2, -0.15) is 0 Å². The lowest BCUT2D eigenvalue weighted by atomic mass is 9.96. The van der Waals surface area contributed by atoms with Crippen molar-refractivity contribution in [1.29, 1.82) is 0 Å². The Hall–Kier alpha value is -3.47. The molecule has 0 aliphatic rings. The third-order valence-corrected chi connectivity index (χ3v) is 4.99. The van der Waals surface area contributed by atoms with Crippen LogP contribution >= 0.6 is 0 Å². The molecule has 5 nitrogen and oxygen atoms in total. The number of benzene rings is 1. The molecule has 0 radical (unpaired) electrons. The van der Waals surface area contributed by atoms with E-state index < -0.39 is 0 Å². The van der Waals surface area contributed by atoms with E-state index >= 15 is 0 Å². The number of rotatable bonds is 4. The molecule has 0 saturated carbocycles. The molecule has 4 rings (SSSR count). The standard InChI is InChI=1S/C23H22N4O/c1-15-6-9-21-25-20(14-27(21)13-15)23(28)26-22(19-5-4-10-24-12-19)18-8-7-16(2)17(3)11-18/h4-14,22H,1-3H3,(H,26,28). The van der Waals surface area contributed by atoms with Crippen LogP contribution in [0.4, 0.5) is 0 Å². The summed E-state index contributed by atoms with van der Waals surface area (Å²) in [6, 6.07) is 13.7. The molecular formula is C23H22N4O. The van der Waals surface area contributed by atoms with E-state index in [1.165, 1.54) is 11.1 Å². The van der Waals surface area contributed by atoms with Crippen molar-refractivity contribution in [1.82, 2.24) is 19.7 Å². The van der Waals surface area contributed by atoms with Gasteiger partial charge in [0, 0.05) is 24.8 Å². The smallest absolute Gasteiger partial charge is 0.272 e. The molecule has 5 heteroatoms. The van der Waals surface area contributed by atoms with Crippen LogP contribution in [0.1, 0.15) is 44.3 Å². The van der Waals surface area contributed by atoms with Gasteiger partial charge in [0.25, 0.3) is 5.91 Å².